The van der Waals surface area contributed by atoms with Crippen molar-refractivity contribution in [3.8, 4) is 0 Å². The second-order valence-electron chi connectivity index (χ2n) is 7.27. The molecule has 0 fully saturated rings. The lowest BCUT2D eigenvalue weighted by atomic mass is 10.1. The first-order chi connectivity index (χ1) is 15.0. The molecule has 1 unspecified atom stereocenters. The third-order valence-corrected chi connectivity index (χ3v) is 5.01. The number of para-hydroxylation sites is 1. The Morgan fingerprint density at radius 2 is 1.81 bits per heavy atom. The maximum absolute atomic E-state index is 12.9. The van der Waals surface area contributed by atoms with E-state index in [-0.39, 0.29) is 24.5 Å². The van der Waals surface area contributed by atoms with E-state index in [1.165, 1.54) is 11.8 Å². The van der Waals surface area contributed by atoms with Crippen LogP contribution in [0.25, 0.3) is 5.78 Å². The summed E-state index contributed by atoms with van der Waals surface area (Å²) in [7, 11) is 1.59. The van der Waals surface area contributed by atoms with E-state index in [9.17, 15) is 22.8 Å². The van der Waals surface area contributed by atoms with Gasteiger partial charge in [-0.2, -0.15) is 18.2 Å². The average molecular weight is 449 g/mol. The number of carbonyl (C=O) groups is 2. The topological polar surface area (TPSA) is 89.7 Å². The van der Waals surface area contributed by atoms with Crippen LogP contribution in [-0.4, -0.2) is 44.6 Å². The molecule has 2 aromatic heterocycles. The van der Waals surface area contributed by atoms with Crippen molar-refractivity contribution in [1.82, 2.24) is 19.6 Å². The Kier molecular flexibility index (Phi) is 6.47. The van der Waals surface area contributed by atoms with Crippen molar-refractivity contribution in [2.45, 2.75) is 45.9 Å². The monoisotopic (exact) mass is 449 g/mol. The Morgan fingerprint density at radius 3 is 2.44 bits per heavy atom. The fraction of sp³-hybridized carbons (Fsp3) is 0.381. The maximum atomic E-state index is 12.9. The van der Waals surface area contributed by atoms with Crippen LogP contribution < -0.4 is 4.90 Å². The van der Waals surface area contributed by atoms with Crippen molar-refractivity contribution in [3.63, 3.8) is 0 Å². The first kappa shape index (κ1) is 23.2. The van der Waals surface area contributed by atoms with Crippen molar-refractivity contribution in [2.24, 2.45) is 0 Å². The largest absolute Gasteiger partial charge is 0.453 e. The Labute approximate surface area is 182 Å². The van der Waals surface area contributed by atoms with Crippen LogP contribution in [0.3, 0.4) is 0 Å². The number of amides is 1. The Balaban J connectivity index is 1.67. The summed E-state index contributed by atoms with van der Waals surface area (Å²) in [6.07, 6.45) is -5.60. The van der Waals surface area contributed by atoms with E-state index in [0.717, 1.165) is 4.52 Å². The van der Waals surface area contributed by atoms with Crippen LogP contribution in [0.4, 0.5) is 18.9 Å². The zero-order valence-corrected chi connectivity index (χ0v) is 18.0. The number of carbonyl (C=O) groups excluding carboxylic acids is 2. The zero-order valence-electron chi connectivity index (χ0n) is 18.0. The predicted octanol–water partition coefficient (Wildman–Crippen LogP) is 3.29. The summed E-state index contributed by atoms with van der Waals surface area (Å²) in [4.78, 5) is 33.7. The summed E-state index contributed by atoms with van der Waals surface area (Å²) in [5.74, 6) is -2.44. The number of hydrogen-bond donors (Lipinski definition) is 0. The number of hydrogen-bond acceptors (Lipinski definition) is 6. The molecule has 2 heterocycles. The number of anilines is 1. The van der Waals surface area contributed by atoms with Crippen molar-refractivity contribution in [3.05, 3.63) is 53.1 Å². The molecule has 170 valence electrons. The Morgan fingerprint density at radius 1 is 1.16 bits per heavy atom. The molecule has 0 saturated carbocycles. The van der Waals surface area contributed by atoms with Gasteiger partial charge in [0.2, 0.25) is 0 Å². The molecule has 0 bridgehead atoms. The number of fused-ring (bicyclic) bond motifs is 1. The van der Waals surface area contributed by atoms with Gasteiger partial charge >= 0.3 is 12.1 Å². The average Bonchev–Trinajstić information content (AvgIpc) is 3.17. The second-order valence-corrected chi connectivity index (χ2v) is 7.27. The lowest BCUT2D eigenvalue weighted by Crippen LogP contribution is -2.37. The van der Waals surface area contributed by atoms with Crippen LogP contribution >= 0.6 is 0 Å². The number of ether oxygens (including phenoxy) is 1. The molecule has 32 heavy (non-hydrogen) atoms. The molecule has 3 aromatic rings. The molecule has 0 N–H and O–H groups in total. The smallest absolute Gasteiger partial charge is 0.453 e. The third kappa shape index (κ3) is 4.87. The van der Waals surface area contributed by atoms with Crippen molar-refractivity contribution >= 4 is 23.3 Å². The van der Waals surface area contributed by atoms with E-state index in [0.29, 0.717) is 22.6 Å². The minimum Gasteiger partial charge on any atom is -0.453 e. The molecule has 0 aliphatic heterocycles. The standard InChI is InChI=1S/C21H22F3N5O3/c1-12-16(13(2)29-20(25-12)26-19(27-29)21(22,23)24)10-11-17(30)32-14(3)18(31)28(4)15-8-6-5-7-9-15/h5-9,14H,10-11H2,1-4H3. The van der Waals surface area contributed by atoms with E-state index in [4.69, 9.17) is 4.74 Å². The quantitative estimate of drug-likeness (QED) is 0.537. The van der Waals surface area contributed by atoms with Gasteiger partial charge in [-0.1, -0.05) is 18.2 Å². The van der Waals surface area contributed by atoms with Gasteiger partial charge in [0, 0.05) is 30.5 Å². The molecule has 1 atom stereocenters. The molecule has 11 heteroatoms. The normalized spacial score (nSPS) is 12.6. The van der Waals surface area contributed by atoms with Crippen molar-refractivity contribution in [2.75, 3.05) is 11.9 Å². The van der Waals surface area contributed by atoms with Gasteiger partial charge in [0.25, 0.3) is 17.5 Å². The molecule has 0 radical (unpaired) electrons. The zero-order chi connectivity index (χ0) is 23.6. The SMILES string of the molecule is Cc1nc2nc(C(F)(F)F)nn2c(C)c1CCC(=O)OC(C)C(=O)N(C)c1ccccc1. The summed E-state index contributed by atoms with van der Waals surface area (Å²) in [6, 6.07) is 8.92. The lowest BCUT2D eigenvalue weighted by molar-refractivity contribution is -0.153. The van der Waals surface area contributed by atoms with E-state index in [1.807, 2.05) is 6.07 Å². The van der Waals surface area contributed by atoms with E-state index >= 15 is 0 Å². The molecule has 0 saturated heterocycles. The number of rotatable bonds is 6. The van der Waals surface area contributed by atoms with Crippen molar-refractivity contribution in [1.29, 1.82) is 0 Å². The molecule has 1 aromatic carbocycles. The summed E-state index contributed by atoms with van der Waals surface area (Å²) >= 11 is 0. The fourth-order valence-corrected chi connectivity index (χ4v) is 3.28. The van der Waals surface area contributed by atoms with Gasteiger partial charge < -0.3 is 9.64 Å². The first-order valence-electron chi connectivity index (χ1n) is 9.81. The number of aryl methyl sites for hydroxylation is 2. The van der Waals surface area contributed by atoms with Crippen LogP contribution in [0, 0.1) is 13.8 Å². The van der Waals surface area contributed by atoms with Gasteiger partial charge in [0.05, 0.1) is 0 Å². The number of esters is 1. The van der Waals surface area contributed by atoms with Crippen LogP contribution in [0.5, 0.6) is 0 Å². The summed E-state index contributed by atoms with van der Waals surface area (Å²) in [6.45, 7) is 4.69. The minimum atomic E-state index is -4.69. The molecule has 1 amide bonds. The molecule has 0 spiro atoms. The number of alkyl halides is 3. The van der Waals surface area contributed by atoms with Crippen LogP contribution in [-0.2, 0) is 26.9 Å². The van der Waals surface area contributed by atoms with Gasteiger partial charge in [-0.3, -0.25) is 9.59 Å². The summed E-state index contributed by atoms with van der Waals surface area (Å²) < 4.78 is 45.0. The van der Waals surface area contributed by atoms with Crippen LogP contribution in [0.1, 0.15) is 36.1 Å². The summed E-state index contributed by atoms with van der Waals surface area (Å²) in [5.41, 5.74) is 2.07. The summed E-state index contributed by atoms with van der Waals surface area (Å²) in [5, 5.41) is 3.48. The molecule has 0 aliphatic carbocycles. The molecular weight excluding hydrogens is 427 g/mol. The van der Waals surface area contributed by atoms with Gasteiger partial charge in [0.1, 0.15) is 0 Å². The van der Waals surface area contributed by atoms with E-state index < -0.39 is 24.1 Å². The Bertz CT molecular complexity index is 1150. The highest BCUT2D eigenvalue weighted by Gasteiger charge is 2.37. The molecule has 0 aliphatic rings. The molecule has 3 rings (SSSR count). The maximum Gasteiger partial charge on any atom is 0.453 e. The highest BCUT2D eigenvalue weighted by Crippen LogP contribution is 2.27. The number of halogens is 3. The van der Waals surface area contributed by atoms with E-state index in [1.54, 1.807) is 45.2 Å². The Hall–Kier alpha value is -3.50. The lowest BCUT2D eigenvalue weighted by Gasteiger charge is -2.21. The van der Waals surface area contributed by atoms with Gasteiger partial charge in [-0.25, -0.2) is 9.50 Å². The predicted molar refractivity (Wildman–Crippen MR) is 109 cm³/mol. The minimum absolute atomic E-state index is 0.0810. The number of benzene rings is 1. The highest BCUT2D eigenvalue weighted by molar-refractivity contribution is 5.96. The fourth-order valence-electron chi connectivity index (χ4n) is 3.28. The van der Waals surface area contributed by atoms with E-state index in [2.05, 4.69) is 15.1 Å². The van der Waals surface area contributed by atoms with Crippen LogP contribution in [0.2, 0.25) is 0 Å². The highest BCUT2D eigenvalue weighted by atomic mass is 19.4. The van der Waals surface area contributed by atoms with Crippen LogP contribution in [0.15, 0.2) is 30.3 Å². The second kappa shape index (κ2) is 8.93. The van der Waals surface area contributed by atoms with Gasteiger partial charge in [-0.05, 0) is 44.9 Å². The number of aromatic nitrogens is 4. The molecule has 8 nitrogen and oxygen atoms in total. The third-order valence-electron chi connectivity index (χ3n) is 5.01. The number of nitrogens with zero attached hydrogens (tertiary/aromatic N) is 5. The number of likely N-dealkylation sites (N-methyl/N-ethyl adjacent to an activating group) is 1. The van der Waals surface area contributed by atoms with Gasteiger partial charge in [-0.15, -0.1) is 5.10 Å². The first-order valence-corrected chi connectivity index (χ1v) is 9.81. The van der Waals surface area contributed by atoms with Gasteiger partial charge in [0.15, 0.2) is 6.10 Å². The van der Waals surface area contributed by atoms with Crippen molar-refractivity contribution < 1.29 is 27.5 Å². The molecular formula is C21H22F3N5O3.